The van der Waals surface area contributed by atoms with Gasteiger partial charge in [-0.05, 0) is 62.1 Å². The van der Waals surface area contributed by atoms with Crippen LogP contribution in [-0.4, -0.2) is 55.7 Å². The standard InChI is InChI=1S/C32H42N4O5/c1-32(2,3)41-36-29(37)20-27(33-19-11-14-23-12-6-5-7-13-23)31(39)35-28(22-40-4)30(38)34-21-25-17-10-16-24-15-8-9-18-26(24)25/h5-10,12-13,15-18,27-28,33H,11,14,19-22H2,1-4H3,(H,34,38)(H,35,39)(H,36,37)/t27-,28-/m0/s1. The van der Waals surface area contributed by atoms with Crippen LogP contribution in [0.25, 0.3) is 10.8 Å². The van der Waals surface area contributed by atoms with Crippen molar-refractivity contribution < 1.29 is 24.0 Å². The fourth-order valence-electron chi connectivity index (χ4n) is 4.28. The molecule has 0 heterocycles. The maximum Gasteiger partial charge on any atom is 0.245 e. The fourth-order valence-corrected chi connectivity index (χ4v) is 4.28. The van der Waals surface area contributed by atoms with E-state index < -0.39 is 29.5 Å². The van der Waals surface area contributed by atoms with Gasteiger partial charge in [-0.25, -0.2) is 5.48 Å². The van der Waals surface area contributed by atoms with Gasteiger partial charge in [0.05, 0.1) is 24.7 Å². The number of hydrogen-bond donors (Lipinski definition) is 4. The number of rotatable bonds is 15. The summed E-state index contributed by atoms with van der Waals surface area (Å²) in [5.41, 5.74) is 3.99. The van der Waals surface area contributed by atoms with Crippen molar-refractivity contribution in [1.29, 1.82) is 0 Å². The van der Waals surface area contributed by atoms with Gasteiger partial charge in [-0.2, -0.15) is 0 Å². The van der Waals surface area contributed by atoms with Gasteiger partial charge in [-0.15, -0.1) is 0 Å². The molecule has 0 aliphatic carbocycles. The second-order valence-electron chi connectivity index (χ2n) is 10.9. The van der Waals surface area contributed by atoms with Gasteiger partial charge in [-0.1, -0.05) is 72.8 Å². The summed E-state index contributed by atoms with van der Waals surface area (Å²) in [6.45, 7) is 6.21. The van der Waals surface area contributed by atoms with E-state index in [1.807, 2.05) is 93.6 Å². The van der Waals surface area contributed by atoms with Gasteiger partial charge in [0.25, 0.3) is 0 Å². The van der Waals surface area contributed by atoms with Crippen LogP contribution >= 0.6 is 0 Å². The molecule has 0 saturated carbocycles. The normalized spacial score (nSPS) is 12.9. The first kappa shape index (κ1) is 31.7. The first-order valence-corrected chi connectivity index (χ1v) is 13.9. The maximum absolute atomic E-state index is 13.4. The van der Waals surface area contributed by atoms with Crippen molar-refractivity contribution in [2.24, 2.45) is 0 Å². The minimum absolute atomic E-state index is 0.0207. The molecule has 0 aliphatic heterocycles. The lowest BCUT2D eigenvalue weighted by atomic mass is 10.0. The lowest BCUT2D eigenvalue weighted by Gasteiger charge is -2.24. The average molecular weight is 563 g/mol. The molecular formula is C32H42N4O5. The molecule has 41 heavy (non-hydrogen) atoms. The first-order chi connectivity index (χ1) is 19.7. The molecule has 3 amide bonds. The van der Waals surface area contributed by atoms with Crippen molar-refractivity contribution in [3.05, 3.63) is 83.9 Å². The number of amides is 3. The van der Waals surface area contributed by atoms with E-state index >= 15 is 0 Å². The third-order valence-electron chi connectivity index (χ3n) is 6.35. The number of ether oxygens (including phenoxy) is 1. The largest absolute Gasteiger partial charge is 0.382 e. The topological polar surface area (TPSA) is 118 Å². The quantitative estimate of drug-likeness (QED) is 0.167. The summed E-state index contributed by atoms with van der Waals surface area (Å²) in [7, 11) is 1.47. The predicted molar refractivity (Wildman–Crippen MR) is 160 cm³/mol. The Morgan fingerprint density at radius 3 is 2.29 bits per heavy atom. The van der Waals surface area contributed by atoms with Gasteiger partial charge >= 0.3 is 0 Å². The molecule has 0 fully saturated rings. The zero-order valence-corrected chi connectivity index (χ0v) is 24.4. The number of carbonyl (C=O) groups is 3. The highest BCUT2D eigenvalue weighted by Crippen LogP contribution is 2.18. The van der Waals surface area contributed by atoms with E-state index in [1.165, 1.54) is 12.7 Å². The van der Waals surface area contributed by atoms with E-state index in [0.29, 0.717) is 13.1 Å². The Balaban J connectivity index is 1.62. The Morgan fingerprint density at radius 1 is 0.854 bits per heavy atom. The van der Waals surface area contributed by atoms with Crippen LogP contribution < -0.4 is 21.4 Å². The van der Waals surface area contributed by atoms with E-state index in [-0.39, 0.29) is 18.9 Å². The number of methoxy groups -OCH3 is 1. The number of fused-ring (bicyclic) bond motifs is 1. The first-order valence-electron chi connectivity index (χ1n) is 13.9. The summed E-state index contributed by atoms with van der Waals surface area (Å²) < 4.78 is 5.24. The summed E-state index contributed by atoms with van der Waals surface area (Å²) in [6, 6.07) is 22.1. The monoisotopic (exact) mass is 562 g/mol. The molecule has 0 bridgehead atoms. The molecule has 0 saturated heterocycles. The molecule has 4 N–H and O–H groups in total. The van der Waals surface area contributed by atoms with Crippen LogP contribution in [0.1, 0.15) is 44.7 Å². The number of carbonyl (C=O) groups excluding carboxylic acids is 3. The lowest BCUT2D eigenvalue weighted by Crippen LogP contribution is -2.55. The summed E-state index contributed by atoms with van der Waals surface area (Å²) in [5, 5.41) is 11.0. The zero-order valence-electron chi connectivity index (χ0n) is 24.4. The van der Waals surface area contributed by atoms with Crippen LogP contribution in [0.4, 0.5) is 0 Å². The average Bonchev–Trinajstić information content (AvgIpc) is 2.96. The molecule has 0 aliphatic rings. The van der Waals surface area contributed by atoms with Crippen molar-refractivity contribution in [2.75, 3.05) is 20.3 Å². The van der Waals surface area contributed by atoms with Gasteiger partial charge in [0.2, 0.25) is 17.7 Å². The van der Waals surface area contributed by atoms with Gasteiger partial charge in [0.1, 0.15) is 6.04 Å². The number of hydrogen-bond acceptors (Lipinski definition) is 6. The van der Waals surface area contributed by atoms with E-state index in [9.17, 15) is 14.4 Å². The lowest BCUT2D eigenvalue weighted by molar-refractivity contribution is -0.147. The molecule has 0 aromatic heterocycles. The zero-order chi connectivity index (χ0) is 29.7. The molecule has 3 aromatic carbocycles. The SMILES string of the molecule is COC[C@H](NC(=O)[C@H](CC(=O)NOC(C)(C)C)NCCCc1ccccc1)C(=O)NCc1cccc2ccccc12. The molecular weight excluding hydrogens is 520 g/mol. The minimum Gasteiger partial charge on any atom is -0.382 e. The second kappa shape index (κ2) is 15.9. The van der Waals surface area contributed by atoms with E-state index in [1.54, 1.807) is 0 Å². The minimum atomic E-state index is -0.940. The molecule has 0 spiro atoms. The number of benzene rings is 3. The van der Waals surface area contributed by atoms with Crippen molar-refractivity contribution in [2.45, 2.75) is 64.3 Å². The van der Waals surface area contributed by atoms with Crippen molar-refractivity contribution in [3.63, 3.8) is 0 Å². The molecule has 0 unspecified atom stereocenters. The van der Waals surface area contributed by atoms with Crippen molar-refractivity contribution in [3.8, 4) is 0 Å². The Hall–Kier alpha value is -3.79. The summed E-state index contributed by atoms with van der Waals surface area (Å²) in [6.07, 6.45) is 1.43. The van der Waals surface area contributed by atoms with Crippen LogP contribution in [0.2, 0.25) is 0 Å². The van der Waals surface area contributed by atoms with Crippen LogP contribution in [0.3, 0.4) is 0 Å². The Morgan fingerprint density at radius 2 is 1.56 bits per heavy atom. The van der Waals surface area contributed by atoms with E-state index in [4.69, 9.17) is 9.57 Å². The van der Waals surface area contributed by atoms with Gasteiger partial charge in [-0.3, -0.25) is 19.2 Å². The Labute approximate surface area is 242 Å². The summed E-state index contributed by atoms with van der Waals surface area (Å²) in [4.78, 5) is 44.5. The molecule has 3 aromatic rings. The smallest absolute Gasteiger partial charge is 0.245 e. The fraction of sp³-hybridized carbons (Fsp3) is 0.406. The summed E-state index contributed by atoms with van der Waals surface area (Å²) in [5.74, 6) is -1.30. The molecule has 9 heteroatoms. The molecule has 2 atom stereocenters. The van der Waals surface area contributed by atoms with Gasteiger partial charge < -0.3 is 20.7 Å². The van der Waals surface area contributed by atoms with Gasteiger partial charge in [0, 0.05) is 13.7 Å². The van der Waals surface area contributed by atoms with Gasteiger partial charge in [0.15, 0.2) is 0 Å². The maximum atomic E-state index is 13.4. The van der Waals surface area contributed by atoms with E-state index in [2.05, 4.69) is 21.4 Å². The number of nitrogens with one attached hydrogen (secondary N) is 4. The third kappa shape index (κ3) is 11.0. The molecule has 0 radical (unpaired) electrons. The highest BCUT2D eigenvalue weighted by molar-refractivity contribution is 5.92. The number of hydroxylamine groups is 1. The summed E-state index contributed by atoms with van der Waals surface area (Å²) >= 11 is 0. The molecule has 220 valence electrons. The second-order valence-corrected chi connectivity index (χ2v) is 10.9. The highest BCUT2D eigenvalue weighted by Gasteiger charge is 2.27. The van der Waals surface area contributed by atoms with Crippen LogP contribution in [0.15, 0.2) is 72.8 Å². The Bertz CT molecular complexity index is 1270. The highest BCUT2D eigenvalue weighted by atomic mass is 16.7. The van der Waals surface area contributed by atoms with Crippen molar-refractivity contribution in [1.82, 2.24) is 21.4 Å². The predicted octanol–water partition coefficient (Wildman–Crippen LogP) is 3.41. The molecule has 9 nitrogen and oxygen atoms in total. The Kier molecular flexibility index (Phi) is 12.3. The van der Waals surface area contributed by atoms with Crippen LogP contribution in [0, 0.1) is 0 Å². The third-order valence-corrected chi connectivity index (χ3v) is 6.35. The number of aryl methyl sites for hydroxylation is 1. The van der Waals surface area contributed by atoms with Crippen LogP contribution in [0.5, 0.6) is 0 Å². The van der Waals surface area contributed by atoms with Crippen molar-refractivity contribution >= 4 is 28.5 Å². The van der Waals surface area contributed by atoms with E-state index in [0.717, 1.165) is 29.2 Å². The van der Waals surface area contributed by atoms with Crippen LogP contribution in [-0.2, 0) is 36.9 Å². The molecule has 3 rings (SSSR count).